The molecule has 0 bridgehead atoms. The SMILES string of the molecule is Cl.c1ccc(C[n+]2ccc(N3CCCC3)cc2C2CC2)cc1. The number of anilines is 1. The second-order valence-electron chi connectivity index (χ2n) is 6.39. The molecule has 2 heterocycles. The molecule has 2 nitrogen and oxygen atoms in total. The molecule has 3 heteroatoms. The number of aromatic nitrogens is 1. The van der Waals surface area contributed by atoms with E-state index in [0.717, 1.165) is 12.5 Å². The van der Waals surface area contributed by atoms with Crippen LogP contribution in [0.4, 0.5) is 5.69 Å². The van der Waals surface area contributed by atoms with Gasteiger partial charge < -0.3 is 4.90 Å². The Morgan fingerprint density at radius 3 is 2.41 bits per heavy atom. The van der Waals surface area contributed by atoms with Crippen LogP contribution in [0.1, 0.15) is 42.9 Å². The first-order valence-electron chi connectivity index (χ1n) is 8.22. The number of hydrogen-bond donors (Lipinski definition) is 0. The van der Waals surface area contributed by atoms with Crippen molar-refractivity contribution in [3.05, 3.63) is 59.9 Å². The lowest BCUT2D eigenvalue weighted by Gasteiger charge is -2.17. The number of hydrogen-bond acceptors (Lipinski definition) is 1. The van der Waals surface area contributed by atoms with Crippen LogP contribution in [0.2, 0.25) is 0 Å². The number of halogens is 1. The van der Waals surface area contributed by atoms with E-state index in [4.69, 9.17) is 0 Å². The fraction of sp³-hybridized carbons (Fsp3) is 0.421. The van der Waals surface area contributed by atoms with Gasteiger partial charge in [0.1, 0.15) is 0 Å². The van der Waals surface area contributed by atoms with Crippen LogP contribution in [0.15, 0.2) is 48.7 Å². The molecule has 1 saturated heterocycles. The van der Waals surface area contributed by atoms with Gasteiger partial charge in [-0.1, -0.05) is 30.3 Å². The zero-order valence-corrected chi connectivity index (χ0v) is 13.8. The maximum Gasteiger partial charge on any atom is 0.186 e. The Kier molecular flexibility index (Phi) is 4.68. The summed E-state index contributed by atoms with van der Waals surface area (Å²) < 4.78 is 2.45. The Hall–Kier alpha value is -1.54. The van der Waals surface area contributed by atoms with E-state index < -0.39 is 0 Å². The van der Waals surface area contributed by atoms with E-state index in [2.05, 4.69) is 58.1 Å². The van der Waals surface area contributed by atoms with E-state index in [-0.39, 0.29) is 12.4 Å². The quantitative estimate of drug-likeness (QED) is 0.776. The van der Waals surface area contributed by atoms with E-state index in [1.165, 1.54) is 55.7 Å². The lowest BCUT2D eigenvalue weighted by molar-refractivity contribution is -0.695. The molecular formula is C19H24ClN2+. The summed E-state index contributed by atoms with van der Waals surface area (Å²) in [4.78, 5) is 2.54. The van der Waals surface area contributed by atoms with Crippen LogP contribution in [-0.4, -0.2) is 13.1 Å². The van der Waals surface area contributed by atoms with Crippen LogP contribution in [0, 0.1) is 0 Å². The van der Waals surface area contributed by atoms with Crippen molar-refractivity contribution in [2.75, 3.05) is 18.0 Å². The van der Waals surface area contributed by atoms with Gasteiger partial charge in [0.15, 0.2) is 18.4 Å². The van der Waals surface area contributed by atoms with Gasteiger partial charge in [0.05, 0.1) is 0 Å². The van der Waals surface area contributed by atoms with Gasteiger partial charge in [-0.05, 0) is 25.7 Å². The van der Waals surface area contributed by atoms with Crippen LogP contribution < -0.4 is 9.47 Å². The molecule has 2 fully saturated rings. The monoisotopic (exact) mass is 315 g/mol. The molecule has 2 aliphatic rings. The molecule has 0 unspecified atom stereocenters. The van der Waals surface area contributed by atoms with E-state index >= 15 is 0 Å². The minimum absolute atomic E-state index is 0. The van der Waals surface area contributed by atoms with E-state index in [1.54, 1.807) is 0 Å². The lowest BCUT2D eigenvalue weighted by atomic mass is 10.1. The highest BCUT2D eigenvalue weighted by Gasteiger charge is 2.32. The third-order valence-electron chi connectivity index (χ3n) is 4.72. The third-order valence-corrected chi connectivity index (χ3v) is 4.72. The zero-order valence-electron chi connectivity index (χ0n) is 12.9. The first-order valence-corrected chi connectivity index (χ1v) is 8.22. The van der Waals surface area contributed by atoms with E-state index in [9.17, 15) is 0 Å². The summed E-state index contributed by atoms with van der Waals surface area (Å²) in [6, 6.07) is 15.5. The maximum absolute atomic E-state index is 2.54. The smallest absolute Gasteiger partial charge is 0.186 e. The fourth-order valence-corrected chi connectivity index (χ4v) is 3.36. The first kappa shape index (κ1) is 15.4. The first-order chi connectivity index (χ1) is 10.4. The van der Waals surface area contributed by atoms with Gasteiger partial charge in [0, 0.05) is 42.4 Å². The van der Waals surface area contributed by atoms with Crippen LogP contribution >= 0.6 is 12.4 Å². The van der Waals surface area contributed by atoms with Gasteiger partial charge in [-0.15, -0.1) is 12.4 Å². The molecule has 1 aromatic carbocycles. The van der Waals surface area contributed by atoms with Crippen molar-refractivity contribution in [2.24, 2.45) is 0 Å². The molecule has 0 N–H and O–H groups in total. The summed E-state index contributed by atoms with van der Waals surface area (Å²) in [5.41, 5.74) is 4.35. The molecule has 1 saturated carbocycles. The molecule has 0 amide bonds. The van der Waals surface area contributed by atoms with Gasteiger partial charge in [-0.3, -0.25) is 0 Å². The Balaban J connectivity index is 0.00000144. The van der Waals surface area contributed by atoms with Crippen molar-refractivity contribution in [3.63, 3.8) is 0 Å². The minimum Gasteiger partial charge on any atom is -0.371 e. The summed E-state index contributed by atoms with van der Waals surface area (Å²) in [5, 5.41) is 0. The van der Waals surface area contributed by atoms with Crippen molar-refractivity contribution < 1.29 is 4.57 Å². The van der Waals surface area contributed by atoms with Gasteiger partial charge in [-0.2, -0.15) is 4.57 Å². The summed E-state index contributed by atoms with van der Waals surface area (Å²) in [5.74, 6) is 0.788. The maximum atomic E-state index is 2.54. The Morgan fingerprint density at radius 2 is 1.73 bits per heavy atom. The number of nitrogens with zero attached hydrogens (tertiary/aromatic N) is 2. The van der Waals surface area contributed by atoms with Gasteiger partial charge in [0.2, 0.25) is 0 Å². The molecule has 0 atom stereocenters. The van der Waals surface area contributed by atoms with Crippen molar-refractivity contribution in [1.29, 1.82) is 0 Å². The fourth-order valence-electron chi connectivity index (χ4n) is 3.36. The van der Waals surface area contributed by atoms with Crippen LogP contribution in [0.5, 0.6) is 0 Å². The van der Waals surface area contributed by atoms with Crippen molar-refractivity contribution >= 4 is 18.1 Å². The van der Waals surface area contributed by atoms with E-state index in [0.29, 0.717) is 0 Å². The Morgan fingerprint density at radius 1 is 1.00 bits per heavy atom. The van der Waals surface area contributed by atoms with Gasteiger partial charge in [-0.25, -0.2) is 0 Å². The number of benzene rings is 1. The number of pyridine rings is 1. The molecule has 1 aromatic heterocycles. The van der Waals surface area contributed by atoms with Crippen LogP contribution in [0.25, 0.3) is 0 Å². The van der Waals surface area contributed by atoms with Crippen molar-refractivity contribution in [3.8, 4) is 0 Å². The molecule has 4 rings (SSSR count). The van der Waals surface area contributed by atoms with Crippen LogP contribution in [-0.2, 0) is 6.54 Å². The molecule has 0 radical (unpaired) electrons. The molecule has 1 aliphatic carbocycles. The zero-order chi connectivity index (χ0) is 14.1. The van der Waals surface area contributed by atoms with Crippen LogP contribution in [0.3, 0.4) is 0 Å². The molecule has 116 valence electrons. The highest BCUT2D eigenvalue weighted by molar-refractivity contribution is 5.85. The summed E-state index contributed by atoms with van der Waals surface area (Å²) in [7, 11) is 0. The van der Waals surface area contributed by atoms with Crippen molar-refractivity contribution in [1.82, 2.24) is 0 Å². The molecule has 2 aromatic rings. The average molecular weight is 316 g/mol. The highest BCUT2D eigenvalue weighted by Crippen LogP contribution is 2.39. The molecule has 1 aliphatic heterocycles. The topological polar surface area (TPSA) is 7.12 Å². The Bertz CT molecular complexity index is 617. The molecule has 0 spiro atoms. The largest absolute Gasteiger partial charge is 0.371 e. The molecule has 22 heavy (non-hydrogen) atoms. The van der Waals surface area contributed by atoms with E-state index in [1.807, 2.05) is 0 Å². The van der Waals surface area contributed by atoms with Gasteiger partial charge in [0.25, 0.3) is 0 Å². The average Bonchev–Trinajstić information content (AvgIpc) is 3.23. The predicted octanol–water partition coefficient (Wildman–Crippen LogP) is 3.92. The summed E-state index contributed by atoms with van der Waals surface area (Å²) in [6.07, 6.45) is 7.71. The third kappa shape index (κ3) is 3.27. The standard InChI is InChI=1S/C19H23N2.ClH/c1-2-6-16(7-3-1)15-21-13-10-18(20-11-4-5-12-20)14-19(21)17-8-9-17;/h1-3,6-7,10,13-14,17H,4-5,8-9,11-12,15H2;1H/q+1;. The van der Waals surface area contributed by atoms with Crippen molar-refractivity contribution in [2.45, 2.75) is 38.1 Å². The normalized spacial score (nSPS) is 17.4. The minimum atomic E-state index is 0. The predicted molar refractivity (Wildman–Crippen MR) is 92.9 cm³/mol. The second kappa shape index (κ2) is 6.70. The lowest BCUT2D eigenvalue weighted by Crippen LogP contribution is -2.39. The highest BCUT2D eigenvalue weighted by atomic mass is 35.5. The Labute approximate surface area is 139 Å². The number of rotatable bonds is 4. The van der Waals surface area contributed by atoms with Gasteiger partial charge >= 0.3 is 0 Å². The second-order valence-corrected chi connectivity index (χ2v) is 6.39. The summed E-state index contributed by atoms with van der Waals surface area (Å²) in [6.45, 7) is 3.45. The molecular weight excluding hydrogens is 292 g/mol. The summed E-state index contributed by atoms with van der Waals surface area (Å²) >= 11 is 0.